The fraction of sp³-hybridized carbons (Fsp3) is 0.667. The highest BCUT2D eigenvalue weighted by Gasteiger charge is 2.62. The minimum absolute atomic E-state index is 0.224. The number of nitrogens with zero attached hydrogens (tertiary/aromatic N) is 1. The number of aromatic hydroxyl groups is 1. The number of likely N-dealkylation sites (N-methyl/N-ethyl adjacent to an activating group) is 1. The lowest BCUT2D eigenvalue weighted by molar-refractivity contribution is -0.945. The van der Waals surface area contributed by atoms with E-state index in [4.69, 9.17) is 4.74 Å². The van der Waals surface area contributed by atoms with E-state index in [1.807, 2.05) is 6.07 Å². The molecule has 2 aliphatic carbocycles. The Morgan fingerprint density at radius 3 is 2.95 bits per heavy atom. The zero-order chi connectivity index (χ0) is 15.1. The zero-order valence-electron chi connectivity index (χ0n) is 13.1. The summed E-state index contributed by atoms with van der Waals surface area (Å²) in [5.74, 6) is 1.72. The van der Waals surface area contributed by atoms with Crippen molar-refractivity contribution in [2.75, 3.05) is 26.7 Å². The van der Waals surface area contributed by atoms with Gasteiger partial charge in [-0.3, -0.25) is 0 Å². The quantitative estimate of drug-likeness (QED) is 0.815. The second kappa shape index (κ2) is 3.98. The monoisotopic (exact) mass is 302 g/mol. The Morgan fingerprint density at radius 2 is 2.18 bits per heavy atom. The Morgan fingerprint density at radius 1 is 1.36 bits per heavy atom. The summed E-state index contributed by atoms with van der Waals surface area (Å²) in [6, 6.07) is 4.07. The van der Waals surface area contributed by atoms with E-state index < -0.39 is 0 Å². The molecule has 4 atom stereocenters. The van der Waals surface area contributed by atoms with E-state index in [2.05, 4.69) is 7.05 Å². The molecule has 2 N–H and O–H groups in total. The number of benzene rings is 1. The summed E-state index contributed by atoms with van der Waals surface area (Å²) in [4.78, 5) is 0. The molecule has 2 aliphatic heterocycles. The van der Waals surface area contributed by atoms with Crippen LogP contribution in [0.25, 0.3) is 0 Å². The van der Waals surface area contributed by atoms with E-state index in [0.29, 0.717) is 12.4 Å². The predicted octanol–water partition coefficient (Wildman–Crippen LogP) is 1.57. The summed E-state index contributed by atoms with van der Waals surface area (Å²) in [6.07, 6.45) is 4.22. The number of ether oxygens (including phenoxy) is 1. The van der Waals surface area contributed by atoms with Crippen molar-refractivity contribution < 1.29 is 19.4 Å². The molecule has 0 radical (unpaired) electrons. The van der Waals surface area contributed by atoms with Crippen LogP contribution in [0.2, 0.25) is 0 Å². The molecule has 1 aromatic carbocycles. The van der Waals surface area contributed by atoms with Gasteiger partial charge in [0.15, 0.2) is 11.5 Å². The van der Waals surface area contributed by atoms with Crippen LogP contribution in [0.4, 0.5) is 0 Å². The molecule has 118 valence electrons. The van der Waals surface area contributed by atoms with Crippen LogP contribution in [-0.2, 0) is 11.8 Å². The highest BCUT2D eigenvalue weighted by Crippen LogP contribution is 2.56. The van der Waals surface area contributed by atoms with Gasteiger partial charge in [-0.15, -0.1) is 0 Å². The average molecular weight is 302 g/mol. The molecule has 4 heteroatoms. The van der Waals surface area contributed by atoms with Gasteiger partial charge in [0.25, 0.3) is 0 Å². The van der Waals surface area contributed by atoms with Gasteiger partial charge in [0, 0.05) is 24.3 Å². The molecule has 0 aromatic heterocycles. The van der Waals surface area contributed by atoms with Crippen molar-refractivity contribution in [3.8, 4) is 11.5 Å². The largest absolute Gasteiger partial charge is 0.504 e. The number of aliphatic hydroxyl groups excluding tert-OH is 1. The van der Waals surface area contributed by atoms with Crippen molar-refractivity contribution in [1.29, 1.82) is 0 Å². The highest BCUT2D eigenvalue weighted by atomic mass is 16.5. The molecule has 22 heavy (non-hydrogen) atoms. The molecular weight excluding hydrogens is 278 g/mol. The summed E-state index contributed by atoms with van der Waals surface area (Å²) in [7, 11) is 2.33. The molecule has 2 bridgehead atoms. The van der Waals surface area contributed by atoms with Gasteiger partial charge in [0.05, 0.1) is 25.6 Å². The number of hydrogen-bond acceptors (Lipinski definition) is 3. The van der Waals surface area contributed by atoms with Crippen LogP contribution in [-0.4, -0.2) is 53.6 Å². The standard InChI is InChI=1S/C18H23NO3/c1-19(9-11-2-3-11)7-6-18-10-22-16-14(20)5-4-12(15(16)18)8-13(19)17(18)21/h4-5,11,13,17,21H,2-3,6-10H2,1H3/p+1/t13?,17?,18-,19+/m1/s1. The van der Waals surface area contributed by atoms with Crippen LogP contribution in [0.1, 0.15) is 30.4 Å². The van der Waals surface area contributed by atoms with Gasteiger partial charge in [-0.1, -0.05) is 6.07 Å². The number of phenols is 1. The lowest BCUT2D eigenvalue weighted by Crippen LogP contribution is -2.71. The first-order valence-corrected chi connectivity index (χ1v) is 8.54. The van der Waals surface area contributed by atoms with E-state index in [1.54, 1.807) is 6.07 Å². The van der Waals surface area contributed by atoms with Gasteiger partial charge in [0.2, 0.25) is 0 Å². The van der Waals surface area contributed by atoms with Crippen molar-refractivity contribution in [1.82, 2.24) is 0 Å². The Labute approximate surface area is 130 Å². The third-order valence-corrected chi connectivity index (χ3v) is 6.80. The van der Waals surface area contributed by atoms with Crippen molar-refractivity contribution >= 4 is 0 Å². The lowest BCUT2D eigenvalue weighted by atomic mass is 9.62. The second-order valence-electron chi connectivity index (χ2n) is 8.19. The van der Waals surface area contributed by atoms with Crippen molar-refractivity contribution in [3.63, 3.8) is 0 Å². The molecule has 5 rings (SSSR count). The van der Waals surface area contributed by atoms with Crippen LogP contribution >= 0.6 is 0 Å². The van der Waals surface area contributed by atoms with Gasteiger partial charge < -0.3 is 19.4 Å². The Kier molecular flexibility index (Phi) is 2.39. The Hall–Kier alpha value is -1.26. The van der Waals surface area contributed by atoms with Crippen LogP contribution in [0, 0.1) is 5.92 Å². The third-order valence-electron chi connectivity index (χ3n) is 6.80. The predicted molar refractivity (Wildman–Crippen MR) is 82.0 cm³/mol. The topological polar surface area (TPSA) is 49.7 Å². The summed E-state index contributed by atoms with van der Waals surface area (Å²) < 4.78 is 6.85. The number of likely N-dealkylation sites (tertiary alicyclic amines) is 1. The van der Waals surface area contributed by atoms with E-state index in [1.165, 1.54) is 24.9 Å². The number of rotatable bonds is 2. The van der Waals surface area contributed by atoms with Gasteiger partial charge >= 0.3 is 0 Å². The van der Waals surface area contributed by atoms with Crippen LogP contribution in [0.5, 0.6) is 11.5 Å². The second-order valence-corrected chi connectivity index (χ2v) is 8.19. The fourth-order valence-electron chi connectivity index (χ4n) is 5.33. The number of quaternary nitrogens is 1. The van der Waals surface area contributed by atoms with Gasteiger partial charge in [0.1, 0.15) is 18.8 Å². The first kappa shape index (κ1) is 13.2. The molecule has 1 aromatic rings. The number of aliphatic hydroxyl groups is 1. The molecule has 4 nitrogen and oxygen atoms in total. The SMILES string of the molecule is C[N@@+]1(CC2CC2)CC[C@@]23COc4c(O)ccc(c42)CC1C3O. The highest BCUT2D eigenvalue weighted by molar-refractivity contribution is 5.59. The normalized spacial score (nSPS) is 41.9. The molecular formula is C18H24NO3+. The van der Waals surface area contributed by atoms with E-state index in [9.17, 15) is 10.2 Å². The summed E-state index contributed by atoms with van der Waals surface area (Å²) in [5.41, 5.74) is 2.10. The average Bonchev–Trinajstić information content (AvgIpc) is 3.20. The lowest BCUT2D eigenvalue weighted by Gasteiger charge is -2.56. The van der Waals surface area contributed by atoms with E-state index in [0.717, 1.165) is 35.4 Å². The first-order chi connectivity index (χ1) is 10.5. The fourth-order valence-corrected chi connectivity index (χ4v) is 5.33. The first-order valence-electron chi connectivity index (χ1n) is 8.54. The zero-order valence-corrected chi connectivity index (χ0v) is 13.1. The number of piperidine rings is 1. The van der Waals surface area contributed by atoms with E-state index in [-0.39, 0.29) is 23.3 Å². The van der Waals surface area contributed by atoms with Crippen LogP contribution in [0.15, 0.2) is 12.1 Å². The Balaban J connectivity index is 1.63. The van der Waals surface area contributed by atoms with Gasteiger partial charge in [-0.2, -0.15) is 0 Å². The molecule has 2 unspecified atom stereocenters. The molecule has 1 spiro atoms. The van der Waals surface area contributed by atoms with Crippen molar-refractivity contribution in [2.45, 2.75) is 43.2 Å². The van der Waals surface area contributed by atoms with Gasteiger partial charge in [-0.25, -0.2) is 0 Å². The minimum Gasteiger partial charge on any atom is -0.504 e. The summed E-state index contributed by atoms with van der Waals surface area (Å²) in [6.45, 7) is 2.84. The Bertz CT molecular complexity index is 656. The summed E-state index contributed by atoms with van der Waals surface area (Å²) >= 11 is 0. The number of fused-ring (bicyclic) bond motifs is 1. The maximum atomic E-state index is 11.2. The smallest absolute Gasteiger partial charge is 0.165 e. The van der Waals surface area contributed by atoms with Gasteiger partial charge in [-0.05, 0) is 24.5 Å². The molecule has 1 saturated carbocycles. The molecule has 0 amide bonds. The van der Waals surface area contributed by atoms with Crippen molar-refractivity contribution in [3.05, 3.63) is 23.3 Å². The molecule has 2 fully saturated rings. The van der Waals surface area contributed by atoms with E-state index >= 15 is 0 Å². The number of hydrogen-bond donors (Lipinski definition) is 2. The maximum Gasteiger partial charge on any atom is 0.165 e. The van der Waals surface area contributed by atoms with Crippen LogP contribution in [0.3, 0.4) is 0 Å². The minimum atomic E-state index is -0.361. The molecule has 1 saturated heterocycles. The maximum absolute atomic E-state index is 11.2. The molecule has 2 heterocycles. The third kappa shape index (κ3) is 1.50. The number of phenolic OH excluding ortho intramolecular Hbond substituents is 1. The van der Waals surface area contributed by atoms with Crippen molar-refractivity contribution in [2.24, 2.45) is 5.92 Å². The van der Waals surface area contributed by atoms with Crippen LogP contribution < -0.4 is 4.74 Å². The molecule has 4 aliphatic rings. The summed E-state index contributed by atoms with van der Waals surface area (Å²) in [5, 5.41) is 21.3.